The molecule has 0 aliphatic carbocycles. The van der Waals surface area contributed by atoms with Crippen molar-refractivity contribution in [2.75, 3.05) is 13.2 Å². The molecule has 0 radical (unpaired) electrons. The molecular weight excluding hydrogens is 474 g/mol. The summed E-state index contributed by atoms with van der Waals surface area (Å²) in [6, 6.07) is 3.78. The maximum atomic E-state index is 12.2. The first kappa shape index (κ1) is 30.7. The summed E-state index contributed by atoms with van der Waals surface area (Å²) < 4.78 is 25.7. The van der Waals surface area contributed by atoms with Gasteiger partial charge in [0.1, 0.15) is 0 Å². The largest absolute Gasteiger partial charge is 0.513 e. The number of hydrogen-bond donors (Lipinski definition) is 2. The van der Waals surface area contributed by atoms with Crippen LogP contribution in [0.1, 0.15) is 60.5 Å². The average molecular weight is 512 g/mol. The second kappa shape index (κ2) is 14.3. The maximum Gasteiger partial charge on any atom is 0.513 e. The number of ether oxygens (including phenoxy) is 5. The third-order valence-corrected chi connectivity index (χ3v) is 4.67. The van der Waals surface area contributed by atoms with Gasteiger partial charge in [0.15, 0.2) is 11.5 Å². The van der Waals surface area contributed by atoms with E-state index in [1.807, 2.05) is 34.6 Å². The number of carboxylic acid groups (broad SMARTS) is 1. The Morgan fingerprint density at radius 3 is 1.89 bits per heavy atom. The summed E-state index contributed by atoms with van der Waals surface area (Å²) in [5, 5.41) is 12.8. The molecular formula is C25H37NO10. The molecule has 2 atom stereocenters. The first-order valence-electron chi connectivity index (χ1n) is 11.8. The molecule has 0 spiro atoms. The van der Waals surface area contributed by atoms with Crippen molar-refractivity contribution in [2.45, 2.75) is 73.1 Å². The van der Waals surface area contributed by atoms with Crippen molar-refractivity contribution >= 4 is 24.2 Å². The molecule has 0 amide bonds. The minimum absolute atomic E-state index is 0.0529. The summed E-state index contributed by atoms with van der Waals surface area (Å²) in [7, 11) is 0. The van der Waals surface area contributed by atoms with E-state index in [0.29, 0.717) is 12.0 Å². The van der Waals surface area contributed by atoms with Gasteiger partial charge in [-0.05, 0) is 42.9 Å². The van der Waals surface area contributed by atoms with Gasteiger partial charge < -0.3 is 28.8 Å². The number of carbonyl (C=O) groups excluding carboxylic acids is 3. The van der Waals surface area contributed by atoms with Crippen LogP contribution < -0.4 is 14.8 Å². The molecule has 0 heterocycles. The summed E-state index contributed by atoms with van der Waals surface area (Å²) in [5.74, 6) is -2.42. The Morgan fingerprint density at radius 1 is 0.917 bits per heavy atom. The van der Waals surface area contributed by atoms with Crippen molar-refractivity contribution in [2.24, 2.45) is 11.8 Å². The lowest BCUT2D eigenvalue weighted by atomic mass is 10.00. The zero-order valence-electron chi connectivity index (χ0n) is 21.9. The van der Waals surface area contributed by atoms with Crippen molar-refractivity contribution in [3.63, 3.8) is 0 Å². The van der Waals surface area contributed by atoms with E-state index >= 15 is 0 Å². The maximum absolute atomic E-state index is 12.2. The van der Waals surface area contributed by atoms with Crippen LogP contribution in [0.25, 0.3) is 0 Å². The fraction of sp³-hybridized carbons (Fsp3) is 0.600. The highest BCUT2D eigenvalue weighted by Crippen LogP contribution is 2.31. The van der Waals surface area contributed by atoms with Gasteiger partial charge >= 0.3 is 24.2 Å². The van der Waals surface area contributed by atoms with Crippen LogP contribution in [0.5, 0.6) is 11.5 Å². The molecule has 1 rings (SSSR count). The minimum Gasteiger partial charge on any atom is -0.477 e. The highest BCUT2D eigenvalue weighted by Gasteiger charge is 2.43. The van der Waals surface area contributed by atoms with Crippen molar-refractivity contribution in [3.05, 3.63) is 23.8 Å². The summed E-state index contributed by atoms with van der Waals surface area (Å²) in [4.78, 5) is 48.3. The van der Waals surface area contributed by atoms with Crippen LogP contribution >= 0.6 is 0 Å². The predicted molar refractivity (Wildman–Crippen MR) is 129 cm³/mol. The van der Waals surface area contributed by atoms with Crippen molar-refractivity contribution < 1.29 is 48.0 Å². The number of hydrogen-bond acceptors (Lipinski definition) is 10. The molecule has 2 N–H and O–H groups in total. The van der Waals surface area contributed by atoms with Crippen LogP contribution in [-0.2, 0) is 30.2 Å². The first-order valence-corrected chi connectivity index (χ1v) is 11.8. The molecule has 11 nitrogen and oxygen atoms in total. The Hall–Kier alpha value is -3.34. The number of benzene rings is 1. The van der Waals surface area contributed by atoms with Gasteiger partial charge in [-0.25, -0.2) is 14.4 Å². The number of carbonyl (C=O) groups is 4. The predicted octanol–water partition coefficient (Wildman–Crippen LogP) is 4.30. The van der Waals surface area contributed by atoms with Gasteiger partial charge in [-0.15, -0.1) is 0 Å². The normalized spacial score (nSPS) is 13.5. The number of aliphatic carboxylic acids is 1. The molecule has 11 heteroatoms. The van der Waals surface area contributed by atoms with Crippen LogP contribution in [0.15, 0.2) is 18.2 Å². The Morgan fingerprint density at radius 2 is 1.44 bits per heavy atom. The van der Waals surface area contributed by atoms with E-state index in [-0.39, 0.29) is 49.0 Å². The molecule has 1 aromatic rings. The van der Waals surface area contributed by atoms with Crippen LogP contribution in [0.4, 0.5) is 9.59 Å². The van der Waals surface area contributed by atoms with Crippen molar-refractivity contribution in [3.8, 4) is 11.5 Å². The lowest BCUT2D eigenvalue weighted by Gasteiger charge is -2.32. The smallest absolute Gasteiger partial charge is 0.477 e. The zero-order valence-corrected chi connectivity index (χ0v) is 21.9. The third kappa shape index (κ3) is 10.5. The van der Waals surface area contributed by atoms with Gasteiger partial charge in [0.05, 0.1) is 13.2 Å². The minimum atomic E-state index is -2.09. The monoisotopic (exact) mass is 511 g/mol. The molecule has 0 saturated carbocycles. The molecule has 0 fully saturated rings. The number of rotatable bonds is 13. The molecule has 0 aliphatic heterocycles. The average Bonchev–Trinajstić information content (AvgIpc) is 2.77. The fourth-order valence-electron chi connectivity index (χ4n) is 2.86. The second-order valence-corrected chi connectivity index (χ2v) is 9.25. The molecule has 0 aromatic heterocycles. The molecule has 0 bridgehead atoms. The van der Waals surface area contributed by atoms with E-state index in [0.717, 1.165) is 6.92 Å². The van der Waals surface area contributed by atoms with Crippen LogP contribution in [0.2, 0.25) is 0 Å². The highest BCUT2D eigenvalue weighted by atomic mass is 16.7. The summed E-state index contributed by atoms with van der Waals surface area (Å²) in [5.41, 5.74) is -1.78. The Kier molecular flexibility index (Phi) is 12.2. The van der Waals surface area contributed by atoms with Crippen LogP contribution in [-0.4, -0.2) is 54.3 Å². The number of esters is 1. The lowest BCUT2D eigenvalue weighted by molar-refractivity contribution is -0.183. The number of carboxylic acids is 1. The molecule has 1 unspecified atom stereocenters. The SMILES string of the molecule is CCC(C)N[C@@](Cc1ccc(OC(=O)OCC(C)C)c(OC(=O)OCC(C)C)c1)(OC(C)=O)C(=O)O. The first-order chi connectivity index (χ1) is 16.8. The van der Waals surface area contributed by atoms with Crippen LogP contribution in [0, 0.1) is 11.8 Å². The third-order valence-electron chi connectivity index (χ3n) is 4.67. The Bertz CT molecular complexity index is 914. The summed E-state index contributed by atoms with van der Waals surface area (Å²) >= 11 is 0. The van der Waals surface area contributed by atoms with Crippen LogP contribution in [0.3, 0.4) is 0 Å². The van der Waals surface area contributed by atoms with E-state index in [4.69, 9.17) is 23.7 Å². The number of nitrogens with one attached hydrogen (secondary N) is 1. The van der Waals surface area contributed by atoms with Gasteiger partial charge in [0, 0.05) is 19.4 Å². The van der Waals surface area contributed by atoms with E-state index in [1.165, 1.54) is 18.2 Å². The molecule has 202 valence electrons. The topological polar surface area (TPSA) is 147 Å². The van der Waals surface area contributed by atoms with E-state index in [1.54, 1.807) is 6.92 Å². The van der Waals surface area contributed by atoms with E-state index < -0.39 is 30.0 Å². The molecule has 0 saturated heterocycles. The van der Waals surface area contributed by atoms with Gasteiger partial charge in [0.25, 0.3) is 5.72 Å². The lowest BCUT2D eigenvalue weighted by Crippen LogP contribution is -2.59. The molecule has 36 heavy (non-hydrogen) atoms. The van der Waals surface area contributed by atoms with Crippen molar-refractivity contribution in [1.82, 2.24) is 5.32 Å². The van der Waals surface area contributed by atoms with E-state index in [9.17, 15) is 24.3 Å². The Labute approximate surface area is 211 Å². The van der Waals surface area contributed by atoms with Gasteiger partial charge in [-0.2, -0.15) is 0 Å². The second-order valence-electron chi connectivity index (χ2n) is 9.25. The van der Waals surface area contributed by atoms with E-state index in [2.05, 4.69) is 5.32 Å². The van der Waals surface area contributed by atoms with Gasteiger partial charge in [-0.1, -0.05) is 40.7 Å². The van der Waals surface area contributed by atoms with Crippen molar-refractivity contribution in [1.29, 1.82) is 0 Å². The quantitative estimate of drug-likeness (QED) is 0.169. The van der Waals surface area contributed by atoms with Gasteiger partial charge in [-0.3, -0.25) is 10.1 Å². The van der Waals surface area contributed by atoms with Gasteiger partial charge in [0.2, 0.25) is 0 Å². The highest BCUT2D eigenvalue weighted by molar-refractivity contribution is 5.81. The summed E-state index contributed by atoms with van der Waals surface area (Å²) in [6.07, 6.45) is -1.79. The fourth-order valence-corrected chi connectivity index (χ4v) is 2.86. The molecule has 1 aromatic carbocycles. The Balaban J connectivity index is 3.34. The molecule has 0 aliphatic rings. The summed E-state index contributed by atoms with van der Waals surface area (Å²) in [6.45, 7) is 12.3. The standard InChI is InChI=1S/C25H37NO10/c1-8-17(6)26-25(22(28)29,36-18(7)27)12-19-9-10-20(34-23(30)32-13-15(2)3)21(11-19)35-24(31)33-14-16(4)5/h9-11,15-17,26H,8,12-14H2,1-7H3,(H,28,29)/t17?,25-/m0/s1. The zero-order chi connectivity index (χ0) is 27.5.